The Kier molecular flexibility index (Phi) is 2.19. The maximum atomic E-state index is 5.46. The van der Waals surface area contributed by atoms with Crippen molar-refractivity contribution in [2.24, 2.45) is 5.73 Å². The topological polar surface area (TPSA) is 64.9 Å². The molecule has 0 saturated heterocycles. The Morgan fingerprint density at radius 3 is 2.94 bits per heavy atom. The van der Waals surface area contributed by atoms with Crippen LogP contribution < -0.4 is 5.73 Å². The van der Waals surface area contributed by atoms with Crippen molar-refractivity contribution in [3.63, 3.8) is 0 Å². The smallest absolute Gasteiger partial charge is 0.210 e. The van der Waals surface area contributed by atoms with E-state index in [1.807, 2.05) is 29.6 Å². The lowest BCUT2D eigenvalue weighted by molar-refractivity contribution is 0.533. The zero-order valence-corrected chi connectivity index (χ0v) is 9.20. The van der Waals surface area contributed by atoms with Gasteiger partial charge in [-0.25, -0.2) is 4.98 Å². The molecule has 3 rings (SSSR count). The summed E-state index contributed by atoms with van der Waals surface area (Å²) in [6, 6.07) is 7.84. The Hall–Kier alpha value is -1.72. The maximum absolute atomic E-state index is 5.46. The molecule has 0 unspecified atom stereocenters. The number of nitrogens with zero attached hydrogens (tertiary/aromatic N) is 2. The summed E-state index contributed by atoms with van der Waals surface area (Å²) in [4.78, 5) is 9.76. The van der Waals surface area contributed by atoms with Crippen LogP contribution >= 0.6 is 11.3 Å². The lowest BCUT2D eigenvalue weighted by atomic mass is 10.3. The van der Waals surface area contributed by atoms with Crippen LogP contribution in [-0.4, -0.2) is 9.97 Å². The quantitative estimate of drug-likeness (QED) is 0.735. The van der Waals surface area contributed by atoms with E-state index in [1.165, 1.54) is 0 Å². The van der Waals surface area contributed by atoms with Gasteiger partial charge in [0.05, 0.1) is 17.1 Å². The fraction of sp³-hybridized carbons (Fsp3) is 0.0909. The van der Waals surface area contributed by atoms with E-state index in [-0.39, 0.29) is 0 Å². The lowest BCUT2D eigenvalue weighted by Crippen LogP contribution is -1.95. The van der Waals surface area contributed by atoms with Gasteiger partial charge in [0.2, 0.25) is 5.89 Å². The van der Waals surface area contributed by atoms with E-state index < -0.39 is 0 Å². The van der Waals surface area contributed by atoms with E-state index in [0.29, 0.717) is 23.7 Å². The van der Waals surface area contributed by atoms with Crippen molar-refractivity contribution in [3.8, 4) is 10.6 Å². The molecule has 16 heavy (non-hydrogen) atoms. The predicted octanol–water partition coefficient (Wildman–Crippen LogP) is 2.41. The maximum Gasteiger partial charge on any atom is 0.210 e. The van der Waals surface area contributed by atoms with Gasteiger partial charge in [0.15, 0.2) is 11.2 Å². The van der Waals surface area contributed by atoms with Crippen LogP contribution in [0, 0.1) is 0 Å². The SMILES string of the molecule is NCc1nc2nc(-c3cccs3)ccc2o1. The van der Waals surface area contributed by atoms with Crippen molar-refractivity contribution in [2.75, 3.05) is 0 Å². The van der Waals surface area contributed by atoms with Gasteiger partial charge in [0, 0.05) is 0 Å². The number of hydrogen-bond acceptors (Lipinski definition) is 5. The highest BCUT2D eigenvalue weighted by molar-refractivity contribution is 7.13. The minimum Gasteiger partial charge on any atom is -0.438 e. The number of thiophene rings is 1. The fourth-order valence-electron chi connectivity index (χ4n) is 1.51. The summed E-state index contributed by atoms with van der Waals surface area (Å²) in [5, 5.41) is 2.02. The summed E-state index contributed by atoms with van der Waals surface area (Å²) >= 11 is 1.65. The Morgan fingerprint density at radius 1 is 1.25 bits per heavy atom. The molecule has 0 radical (unpaired) electrons. The molecule has 2 N–H and O–H groups in total. The van der Waals surface area contributed by atoms with Gasteiger partial charge in [0.1, 0.15) is 0 Å². The van der Waals surface area contributed by atoms with Crippen molar-refractivity contribution < 1.29 is 4.42 Å². The highest BCUT2D eigenvalue weighted by Gasteiger charge is 2.07. The molecular formula is C11H9N3OS. The molecule has 3 aromatic heterocycles. The van der Waals surface area contributed by atoms with Crippen molar-refractivity contribution in [1.82, 2.24) is 9.97 Å². The van der Waals surface area contributed by atoms with Crippen molar-refractivity contribution in [1.29, 1.82) is 0 Å². The van der Waals surface area contributed by atoms with Crippen LogP contribution in [0.25, 0.3) is 21.8 Å². The molecule has 3 aromatic rings. The van der Waals surface area contributed by atoms with E-state index in [0.717, 1.165) is 10.6 Å². The molecule has 0 saturated carbocycles. The summed E-state index contributed by atoms with van der Waals surface area (Å²) in [5.41, 5.74) is 7.68. The number of nitrogens with two attached hydrogens (primary N) is 1. The van der Waals surface area contributed by atoms with E-state index in [2.05, 4.69) is 9.97 Å². The number of oxazole rings is 1. The van der Waals surface area contributed by atoms with Crippen LogP contribution in [0.1, 0.15) is 5.89 Å². The first kappa shape index (κ1) is 9.50. The van der Waals surface area contributed by atoms with Crippen LogP contribution in [-0.2, 0) is 6.54 Å². The Bertz CT molecular complexity index is 615. The van der Waals surface area contributed by atoms with Crippen molar-refractivity contribution in [3.05, 3.63) is 35.5 Å². The Balaban J connectivity index is 2.15. The molecule has 0 spiro atoms. The van der Waals surface area contributed by atoms with E-state index in [4.69, 9.17) is 10.2 Å². The number of hydrogen-bond donors (Lipinski definition) is 1. The predicted molar refractivity (Wildman–Crippen MR) is 63.0 cm³/mol. The third-order valence-corrected chi connectivity index (χ3v) is 3.14. The van der Waals surface area contributed by atoms with Gasteiger partial charge in [-0.1, -0.05) is 6.07 Å². The molecule has 5 heteroatoms. The van der Waals surface area contributed by atoms with Crippen molar-refractivity contribution in [2.45, 2.75) is 6.54 Å². The molecule has 0 aromatic carbocycles. The van der Waals surface area contributed by atoms with E-state index in [9.17, 15) is 0 Å². The zero-order valence-electron chi connectivity index (χ0n) is 8.38. The lowest BCUT2D eigenvalue weighted by Gasteiger charge is -1.94. The molecule has 0 atom stereocenters. The largest absolute Gasteiger partial charge is 0.438 e. The molecule has 80 valence electrons. The molecule has 0 aliphatic rings. The molecule has 0 aliphatic heterocycles. The highest BCUT2D eigenvalue weighted by atomic mass is 32.1. The molecule has 4 nitrogen and oxygen atoms in total. The number of fused-ring (bicyclic) bond motifs is 1. The molecule has 0 fully saturated rings. The van der Waals surface area contributed by atoms with Gasteiger partial charge in [0.25, 0.3) is 0 Å². The first-order valence-corrected chi connectivity index (χ1v) is 5.75. The Labute approximate surface area is 95.7 Å². The van der Waals surface area contributed by atoms with E-state index >= 15 is 0 Å². The van der Waals surface area contributed by atoms with Gasteiger partial charge < -0.3 is 10.2 Å². The summed E-state index contributed by atoms with van der Waals surface area (Å²) in [6.45, 7) is 0.296. The zero-order chi connectivity index (χ0) is 11.0. The number of aromatic nitrogens is 2. The van der Waals surface area contributed by atoms with Gasteiger partial charge >= 0.3 is 0 Å². The first-order chi connectivity index (χ1) is 7.86. The fourth-order valence-corrected chi connectivity index (χ4v) is 2.21. The molecule has 0 amide bonds. The summed E-state index contributed by atoms with van der Waals surface area (Å²) < 4.78 is 5.39. The summed E-state index contributed by atoms with van der Waals surface area (Å²) in [6.07, 6.45) is 0. The van der Waals surface area contributed by atoms with Crippen LogP contribution in [0.5, 0.6) is 0 Å². The van der Waals surface area contributed by atoms with Crippen LogP contribution in [0.15, 0.2) is 34.1 Å². The molecule has 0 aliphatic carbocycles. The second-order valence-electron chi connectivity index (χ2n) is 3.31. The van der Waals surface area contributed by atoms with Crippen LogP contribution in [0.4, 0.5) is 0 Å². The normalized spacial score (nSPS) is 11.1. The average molecular weight is 231 g/mol. The summed E-state index contributed by atoms with van der Waals surface area (Å²) in [5.74, 6) is 0.519. The van der Waals surface area contributed by atoms with Gasteiger partial charge in [-0.15, -0.1) is 11.3 Å². The monoisotopic (exact) mass is 231 g/mol. The third-order valence-electron chi connectivity index (χ3n) is 2.25. The molecular weight excluding hydrogens is 222 g/mol. The standard InChI is InChI=1S/C11H9N3OS/c12-6-10-14-11-8(15-10)4-3-7(13-11)9-2-1-5-16-9/h1-5H,6,12H2. The van der Waals surface area contributed by atoms with Crippen LogP contribution in [0.3, 0.4) is 0 Å². The third kappa shape index (κ3) is 1.50. The molecule has 3 heterocycles. The highest BCUT2D eigenvalue weighted by Crippen LogP contribution is 2.24. The average Bonchev–Trinajstić information content (AvgIpc) is 2.96. The van der Waals surface area contributed by atoms with Gasteiger partial charge in [-0.3, -0.25) is 0 Å². The minimum absolute atomic E-state index is 0.296. The Morgan fingerprint density at radius 2 is 2.19 bits per heavy atom. The minimum atomic E-state index is 0.296. The molecule has 0 bridgehead atoms. The second-order valence-corrected chi connectivity index (χ2v) is 4.25. The van der Waals surface area contributed by atoms with Crippen molar-refractivity contribution >= 4 is 22.6 Å². The summed E-state index contributed by atoms with van der Waals surface area (Å²) in [7, 11) is 0. The van der Waals surface area contributed by atoms with Gasteiger partial charge in [-0.2, -0.15) is 4.98 Å². The van der Waals surface area contributed by atoms with E-state index in [1.54, 1.807) is 11.3 Å². The van der Waals surface area contributed by atoms with Crippen LogP contribution in [0.2, 0.25) is 0 Å². The first-order valence-electron chi connectivity index (χ1n) is 4.87. The number of rotatable bonds is 2. The van der Waals surface area contributed by atoms with Gasteiger partial charge in [-0.05, 0) is 23.6 Å². The second kappa shape index (κ2) is 3.70. The number of pyridine rings is 1.